The minimum absolute atomic E-state index is 0.137. The van der Waals surface area contributed by atoms with Crippen LogP contribution < -0.4 is 15.6 Å². The molecule has 0 aliphatic carbocycles. The zero-order valence-corrected chi connectivity index (χ0v) is 27.0. The normalized spacial score (nSPS) is 14.9. The van der Waals surface area contributed by atoms with Crippen LogP contribution in [-0.2, 0) is 10.0 Å². The number of nitrogens with one attached hydrogen (secondary N) is 1. The minimum atomic E-state index is -3.99. The van der Waals surface area contributed by atoms with E-state index in [0.29, 0.717) is 38.6 Å². The molecule has 5 heterocycles. The summed E-state index contributed by atoms with van der Waals surface area (Å²) in [5.74, 6) is 1.19. The number of piperidine rings is 1. The molecule has 45 heavy (non-hydrogen) atoms. The number of benzene rings is 2. The Kier molecular flexibility index (Phi) is 7.58. The van der Waals surface area contributed by atoms with Gasteiger partial charge in [0.1, 0.15) is 10.4 Å². The molecule has 0 amide bonds. The summed E-state index contributed by atoms with van der Waals surface area (Å²) in [5.41, 5.74) is 3.50. The number of aryl methyl sites for hydroxylation is 1. The third-order valence-corrected chi connectivity index (χ3v) is 11.2. The Morgan fingerprint density at radius 2 is 1.80 bits per heavy atom. The monoisotopic (exact) mass is 642 g/mol. The van der Waals surface area contributed by atoms with Gasteiger partial charge in [-0.1, -0.05) is 30.7 Å². The van der Waals surface area contributed by atoms with Crippen molar-refractivity contribution in [3.63, 3.8) is 0 Å². The van der Waals surface area contributed by atoms with Crippen LogP contribution in [0.4, 0.5) is 11.6 Å². The molecule has 7 rings (SSSR count). The first-order chi connectivity index (χ1) is 21.8. The maximum absolute atomic E-state index is 13.8. The van der Waals surface area contributed by atoms with E-state index in [1.54, 1.807) is 43.5 Å². The van der Waals surface area contributed by atoms with Crippen LogP contribution in [0, 0.1) is 6.92 Å². The molecular weight excluding hydrogens is 609 g/mol. The molecule has 0 unspecified atom stereocenters. The van der Waals surface area contributed by atoms with E-state index in [9.17, 15) is 13.2 Å². The SMILES string of the molecule is CCCN1CCC(c2ccc(Nc3nc4c(ccn4S(=O)(=O)c4ccc(C)cc4)c4nc5ccsc5c(=O)n34)c(OC)c2)CC1. The van der Waals surface area contributed by atoms with Crippen molar-refractivity contribution in [2.45, 2.75) is 43.9 Å². The zero-order valence-electron chi connectivity index (χ0n) is 25.4. The van der Waals surface area contributed by atoms with E-state index in [-0.39, 0.29) is 22.1 Å². The Morgan fingerprint density at radius 3 is 2.53 bits per heavy atom. The Labute approximate surface area is 265 Å². The molecule has 1 fully saturated rings. The van der Waals surface area contributed by atoms with Gasteiger partial charge in [0.15, 0.2) is 11.3 Å². The lowest BCUT2D eigenvalue weighted by atomic mass is 9.89. The fraction of sp³-hybridized carbons (Fsp3) is 0.303. The maximum Gasteiger partial charge on any atom is 0.278 e. The van der Waals surface area contributed by atoms with Crippen LogP contribution in [-0.4, -0.2) is 58.4 Å². The Morgan fingerprint density at radius 1 is 1.02 bits per heavy atom. The van der Waals surface area contributed by atoms with Crippen molar-refractivity contribution >= 4 is 59.9 Å². The molecule has 232 valence electrons. The maximum atomic E-state index is 13.8. The first-order valence-electron chi connectivity index (χ1n) is 15.1. The summed E-state index contributed by atoms with van der Waals surface area (Å²) < 4.78 is 36.5. The zero-order chi connectivity index (χ0) is 31.3. The van der Waals surface area contributed by atoms with Crippen LogP contribution in [0.25, 0.3) is 26.9 Å². The molecule has 1 N–H and O–H groups in total. The summed E-state index contributed by atoms with van der Waals surface area (Å²) in [6.07, 6.45) is 4.79. The third kappa shape index (κ3) is 5.16. The number of nitrogens with zero attached hydrogens (tertiary/aromatic N) is 5. The quantitative estimate of drug-likeness (QED) is 0.211. The molecule has 0 atom stereocenters. The molecule has 4 aromatic heterocycles. The number of hydrogen-bond donors (Lipinski definition) is 1. The molecule has 10 nitrogen and oxygen atoms in total. The summed E-state index contributed by atoms with van der Waals surface area (Å²) in [6.45, 7) is 7.40. The smallest absolute Gasteiger partial charge is 0.278 e. The van der Waals surface area contributed by atoms with E-state index in [1.807, 2.05) is 24.4 Å². The fourth-order valence-corrected chi connectivity index (χ4v) is 8.28. The second kappa shape index (κ2) is 11.6. The highest BCUT2D eigenvalue weighted by Crippen LogP contribution is 2.36. The summed E-state index contributed by atoms with van der Waals surface area (Å²) in [4.78, 5) is 26.1. The second-order valence-corrected chi connectivity index (χ2v) is 14.2. The molecule has 6 aromatic rings. The van der Waals surface area contributed by atoms with Gasteiger partial charge in [-0.3, -0.25) is 4.79 Å². The molecule has 0 saturated carbocycles. The van der Waals surface area contributed by atoms with Crippen LogP contribution in [0.2, 0.25) is 0 Å². The Hall–Kier alpha value is -4.26. The summed E-state index contributed by atoms with van der Waals surface area (Å²) in [6, 6.07) is 16.2. The number of methoxy groups -OCH3 is 1. The summed E-state index contributed by atoms with van der Waals surface area (Å²) in [7, 11) is -2.38. The van der Waals surface area contributed by atoms with Crippen molar-refractivity contribution in [3.8, 4) is 5.75 Å². The lowest BCUT2D eigenvalue weighted by Crippen LogP contribution is -2.33. The van der Waals surface area contributed by atoms with Crippen molar-refractivity contribution in [3.05, 3.63) is 87.7 Å². The van der Waals surface area contributed by atoms with Gasteiger partial charge in [-0.05, 0) is 99.1 Å². The summed E-state index contributed by atoms with van der Waals surface area (Å²) >= 11 is 1.30. The van der Waals surface area contributed by atoms with Gasteiger partial charge in [-0.25, -0.2) is 21.8 Å². The van der Waals surface area contributed by atoms with Crippen molar-refractivity contribution in [2.75, 3.05) is 32.1 Å². The van der Waals surface area contributed by atoms with Crippen LogP contribution in [0.3, 0.4) is 0 Å². The van der Waals surface area contributed by atoms with E-state index < -0.39 is 10.0 Å². The van der Waals surface area contributed by atoms with Crippen molar-refractivity contribution in [2.24, 2.45) is 0 Å². The van der Waals surface area contributed by atoms with E-state index in [2.05, 4.69) is 23.2 Å². The minimum Gasteiger partial charge on any atom is -0.495 e. The number of hydrogen-bond acceptors (Lipinski definition) is 9. The van der Waals surface area contributed by atoms with E-state index in [1.165, 1.54) is 27.5 Å². The standard InChI is InChI=1S/C33H34N6O4S2/c1-4-15-37-16-11-22(12-17-37)23-7-10-26(28(20-23)43-3)35-33-36-30-25(31-34-27-14-19-44-29(27)32(40)39(31)33)13-18-38(30)45(41,42)24-8-5-21(2)6-9-24/h5-10,13-14,18-20,22H,4,11-12,15-17H2,1-3H3,(H,35,36). The predicted octanol–water partition coefficient (Wildman–Crippen LogP) is 6.15. The number of anilines is 2. The second-order valence-electron chi connectivity index (χ2n) is 11.5. The predicted molar refractivity (Wildman–Crippen MR) is 179 cm³/mol. The molecule has 1 aliphatic heterocycles. The van der Waals surface area contributed by atoms with Gasteiger partial charge in [-0.15, -0.1) is 11.3 Å². The van der Waals surface area contributed by atoms with Gasteiger partial charge in [0, 0.05) is 6.20 Å². The lowest BCUT2D eigenvalue weighted by molar-refractivity contribution is 0.212. The van der Waals surface area contributed by atoms with Crippen molar-refractivity contribution in [1.82, 2.24) is 23.2 Å². The number of ether oxygens (including phenoxy) is 1. The highest BCUT2D eigenvalue weighted by atomic mass is 32.2. The molecule has 2 aromatic carbocycles. The van der Waals surface area contributed by atoms with Crippen LogP contribution in [0.1, 0.15) is 43.2 Å². The van der Waals surface area contributed by atoms with E-state index in [0.717, 1.165) is 48.4 Å². The van der Waals surface area contributed by atoms with Crippen LogP contribution in [0.15, 0.2) is 75.9 Å². The fourth-order valence-electron chi connectivity index (χ4n) is 6.22. The van der Waals surface area contributed by atoms with Gasteiger partial charge in [0.2, 0.25) is 5.95 Å². The van der Waals surface area contributed by atoms with Gasteiger partial charge in [0.25, 0.3) is 15.6 Å². The van der Waals surface area contributed by atoms with E-state index in [4.69, 9.17) is 14.7 Å². The van der Waals surface area contributed by atoms with Crippen molar-refractivity contribution in [1.29, 1.82) is 0 Å². The molecule has 0 bridgehead atoms. The average molecular weight is 643 g/mol. The number of fused-ring (bicyclic) bond motifs is 4. The number of rotatable bonds is 8. The molecule has 12 heteroatoms. The van der Waals surface area contributed by atoms with Gasteiger partial charge >= 0.3 is 0 Å². The number of aromatic nitrogens is 4. The first-order valence-corrected chi connectivity index (χ1v) is 17.4. The molecule has 0 radical (unpaired) electrons. The highest BCUT2D eigenvalue weighted by Gasteiger charge is 2.25. The van der Waals surface area contributed by atoms with Crippen LogP contribution in [0.5, 0.6) is 5.75 Å². The topological polar surface area (TPSA) is 111 Å². The van der Waals surface area contributed by atoms with Gasteiger partial charge in [-0.2, -0.15) is 4.98 Å². The average Bonchev–Trinajstić information content (AvgIpc) is 3.70. The Bertz CT molecular complexity index is 2210. The Balaban J connectivity index is 1.35. The van der Waals surface area contributed by atoms with Gasteiger partial charge < -0.3 is 15.0 Å². The third-order valence-electron chi connectivity index (χ3n) is 8.62. The largest absolute Gasteiger partial charge is 0.495 e. The number of likely N-dealkylation sites (tertiary alicyclic amines) is 1. The summed E-state index contributed by atoms with van der Waals surface area (Å²) in [5, 5.41) is 5.56. The highest BCUT2D eigenvalue weighted by molar-refractivity contribution is 7.90. The molecule has 1 aliphatic rings. The molecule has 1 saturated heterocycles. The molecule has 0 spiro atoms. The van der Waals surface area contributed by atoms with Crippen LogP contribution >= 0.6 is 11.3 Å². The lowest BCUT2D eigenvalue weighted by Gasteiger charge is -2.32. The number of thiophene rings is 1. The van der Waals surface area contributed by atoms with E-state index >= 15 is 0 Å². The van der Waals surface area contributed by atoms with Crippen molar-refractivity contribution < 1.29 is 13.2 Å². The van der Waals surface area contributed by atoms with Gasteiger partial charge in [0.05, 0.1) is 28.6 Å². The molecular formula is C33H34N6O4S2. The first kappa shape index (κ1) is 29.5.